The zero-order valence-corrected chi connectivity index (χ0v) is 17.1. The molecule has 1 aromatic rings. The van der Waals surface area contributed by atoms with E-state index in [0.29, 0.717) is 18.1 Å². The number of morpholine rings is 1. The summed E-state index contributed by atoms with van der Waals surface area (Å²) in [5.74, 6) is 0.873. The lowest BCUT2D eigenvalue weighted by molar-refractivity contribution is -0.122. The summed E-state index contributed by atoms with van der Waals surface area (Å²) in [6.45, 7) is 3.76. The highest BCUT2D eigenvalue weighted by atomic mass is 35.5. The average Bonchev–Trinajstić information content (AvgIpc) is 3.04. The van der Waals surface area contributed by atoms with Gasteiger partial charge in [-0.15, -0.1) is 24.8 Å². The van der Waals surface area contributed by atoms with Crippen LogP contribution in [0, 0.1) is 0 Å². The third kappa shape index (κ3) is 6.06. The summed E-state index contributed by atoms with van der Waals surface area (Å²) < 4.78 is 10.8. The number of amides is 1. The van der Waals surface area contributed by atoms with E-state index in [2.05, 4.69) is 15.5 Å². The van der Waals surface area contributed by atoms with E-state index in [1.54, 1.807) is 7.11 Å². The molecule has 1 amide bonds. The number of rotatable bonds is 5. The van der Waals surface area contributed by atoms with E-state index in [9.17, 15) is 4.79 Å². The van der Waals surface area contributed by atoms with E-state index in [1.807, 2.05) is 18.2 Å². The second-order valence-corrected chi connectivity index (χ2v) is 6.68. The van der Waals surface area contributed by atoms with Crippen LogP contribution in [0.1, 0.15) is 12.8 Å². The van der Waals surface area contributed by atoms with Crippen molar-refractivity contribution >= 4 is 48.0 Å². The minimum Gasteiger partial charge on any atom is -0.495 e. The highest BCUT2D eigenvalue weighted by molar-refractivity contribution is 6.30. The Morgan fingerprint density at radius 2 is 2.27 bits per heavy atom. The highest BCUT2D eigenvalue weighted by Gasteiger charge is 2.27. The van der Waals surface area contributed by atoms with Gasteiger partial charge < -0.3 is 25.0 Å². The molecule has 3 rings (SSSR count). The first-order valence-electron chi connectivity index (χ1n) is 8.34. The van der Waals surface area contributed by atoms with Gasteiger partial charge in [-0.25, -0.2) is 0 Å². The third-order valence-corrected chi connectivity index (χ3v) is 4.70. The summed E-state index contributed by atoms with van der Waals surface area (Å²) in [5.41, 5.74) is 0.976. The molecule has 2 atom stereocenters. The van der Waals surface area contributed by atoms with Crippen LogP contribution in [0.5, 0.6) is 5.75 Å². The zero-order chi connectivity index (χ0) is 16.9. The van der Waals surface area contributed by atoms with Crippen LogP contribution >= 0.6 is 36.4 Å². The van der Waals surface area contributed by atoms with Crippen LogP contribution in [0.4, 0.5) is 5.69 Å². The number of benzene rings is 1. The van der Waals surface area contributed by atoms with Gasteiger partial charge in [-0.05, 0) is 24.6 Å². The fourth-order valence-corrected chi connectivity index (χ4v) is 3.43. The van der Waals surface area contributed by atoms with Gasteiger partial charge in [0.15, 0.2) is 0 Å². The number of carbonyl (C=O) groups excluding carboxylic acids is 1. The van der Waals surface area contributed by atoms with Crippen molar-refractivity contribution in [1.82, 2.24) is 10.6 Å². The number of nitrogens with zero attached hydrogens (tertiary/aromatic N) is 1. The summed E-state index contributed by atoms with van der Waals surface area (Å²) >= 11 is 6.11. The maximum Gasteiger partial charge on any atom is 0.221 e. The highest BCUT2D eigenvalue weighted by Crippen LogP contribution is 2.33. The Morgan fingerprint density at radius 1 is 1.46 bits per heavy atom. The molecular formula is C17H26Cl3N3O3. The molecule has 26 heavy (non-hydrogen) atoms. The van der Waals surface area contributed by atoms with Crippen LogP contribution in [-0.4, -0.2) is 57.9 Å². The Bertz CT molecular complexity index is 586. The Labute approximate surface area is 171 Å². The summed E-state index contributed by atoms with van der Waals surface area (Å²) in [6, 6.07) is 5.86. The molecule has 2 unspecified atom stereocenters. The molecule has 2 aliphatic rings. The Morgan fingerprint density at radius 3 is 2.96 bits per heavy atom. The zero-order valence-electron chi connectivity index (χ0n) is 14.7. The van der Waals surface area contributed by atoms with Crippen molar-refractivity contribution in [3.05, 3.63) is 23.2 Å². The lowest BCUT2D eigenvalue weighted by Crippen LogP contribution is -2.46. The lowest BCUT2D eigenvalue weighted by atomic mass is 10.1. The second kappa shape index (κ2) is 11.0. The smallest absolute Gasteiger partial charge is 0.221 e. The first-order valence-corrected chi connectivity index (χ1v) is 8.72. The van der Waals surface area contributed by atoms with Gasteiger partial charge in [0.1, 0.15) is 5.75 Å². The van der Waals surface area contributed by atoms with Crippen molar-refractivity contribution in [3.63, 3.8) is 0 Å². The molecule has 0 radical (unpaired) electrons. The topological polar surface area (TPSA) is 62.8 Å². The molecule has 2 N–H and O–H groups in total. The van der Waals surface area contributed by atoms with E-state index in [1.165, 1.54) is 0 Å². The number of ether oxygens (including phenoxy) is 2. The summed E-state index contributed by atoms with van der Waals surface area (Å²) in [7, 11) is 1.65. The molecule has 2 heterocycles. The number of halogens is 3. The van der Waals surface area contributed by atoms with Gasteiger partial charge in [-0.3, -0.25) is 4.79 Å². The van der Waals surface area contributed by atoms with Crippen molar-refractivity contribution < 1.29 is 14.3 Å². The number of nitrogens with one attached hydrogen (secondary N) is 2. The molecule has 2 fully saturated rings. The molecule has 0 spiro atoms. The molecule has 0 bridgehead atoms. The fourth-order valence-electron chi connectivity index (χ4n) is 3.27. The molecule has 1 aromatic carbocycles. The summed E-state index contributed by atoms with van der Waals surface area (Å²) in [5, 5.41) is 7.11. The normalized spacial score (nSPS) is 22.2. The van der Waals surface area contributed by atoms with Gasteiger partial charge in [-0.1, -0.05) is 11.6 Å². The van der Waals surface area contributed by atoms with Gasteiger partial charge in [0.2, 0.25) is 5.91 Å². The van der Waals surface area contributed by atoms with E-state index >= 15 is 0 Å². The Kier molecular flexibility index (Phi) is 9.82. The second-order valence-electron chi connectivity index (χ2n) is 6.25. The molecule has 6 nitrogen and oxygen atoms in total. The Hall–Kier alpha value is -0.920. The monoisotopic (exact) mass is 425 g/mol. The molecule has 148 valence electrons. The molecule has 9 heteroatoms. The lowest BCUT2D eigenvalue weighted by Gasteiger charge is -2.24. The third-order valence-electron chi connectivity index (χ3n) is 4.47. The standard InChI is InChI=1S/C17H24ClN3O3.2ClH/c1-23-16-3-2-12(18)8-15(16)21-6-4-13(10-21)20-17(22)9-14-11-24-7-5-19-14;;/h2-3,8,13-14,19H,4-7,9-11H2,1H3,(H,20,22);2*1H. The van der Waals surface area contributed by atoms with E-state index in [0.717, 1.165) is 44.1 Å². The molecule has 0 aliphatic carbocycles. The first-order chi connectivity index (χ1) is 11.7. The van der Waals surface area contributed by atoms with Crippen LogP contribution in [0.2, 0.25) is 5.02 Å². The molecule has 2 saturated heterocycles. The van der Waals surface area contributed by atoms with E-state index < -0.39 is 0 Å². The predicted molar refractivity (Wildman–Crippen MR) is 108 cm³/mol. The van der Waals surface area contributed by atoms with Gasteiger partial charge in [0, 0.05) is 43.2 Å². The van der Waals surface area contributed by atoms with Crippen LogP contribution in [-0.2, 0) is 9.53 Å². The van der Waals surface area contributed by atoms with Gasteiger partial charge in [0.05, 0.1) is 26.0 Å². The van der Waals surface area contributed by atoms with Gasteiger partial charge in [-0.2, -0.15) is 0 Å². The van der Waals surface area contributed by atoms with Crippen LogP contribution < -0.4 is 20.3 Å². The van der Waals surface area contributed by atoms with Crippen LogP contribution in [0.15, 0.2) is 18.2 Å². The van der Waals surface area contributed by atoms with Crippen molar-refractivity contribution in [2.45, 2.75) is 24.9 Å². The van der Waals surface area contributed by atoms with Crippen molar-refractivity contribution in [2.24, 2.45) is 0 Å². The molecule has 0 saturated carbocycles. The summed E-state index contributed by atoms with van der Waals surface area (Å²) in [4.78, 5) is 14.4. The van der Waals surface area contributed by atoms with Gasteiger partial charge >= 0.3 is 0 Å². The van der Waals surface area contributed by atoms with Gasteiger partial charge in [0.25, 0.3) is 0 Å². The van der Waals surface area contributed by atoms with Crippen molar-refractivity contribution in [3.8, 4) is 5.75 Å². The maximum absolute atomic E-state index is 12.2. The number of hydrogen-bond acceptors (Lipinski definition) is 5. The minimum atomic E-state index is 0. The Balaban J connectivity index is 0.00000169. The molecular weight excluding hydrogens is 401 g/mol. The SMILES string of the molecule is COc1ccc(Cl)cc1N1CCC(NC(=O)CC2COCCN2)C1.Cl.Cl. The average molecular weight is 427 g/mol. The largest absolute Gasteiger partial charge is 0.495 e. The van der Waals surface area contributed by atoms with Crippen molar-refractivity contribution in [1.29, 1.82) is 0 Å². The fraction of sp³-hybridized carbons (Fsp3) is 0.588. The molecule has 0 aromatic heterocycles. The van der Waals surface area contributed by atoms with Crippen molar-refractivity contribution in [2.75, 3.05) is 44.9 Å². The predicted octanol–water partition coefficient (Wildman–Crippen LogP) is 2.27. The summed E-state index contributed by atoms with van der Waals surface area (Å²) in [6.07, 6.45) is 1.37. The van der Waals surface area contributed by atoms with Crippen LogP contribution in [0.3, 0.4) is 0 Å². The van der Waals surface area contributed by atoms with Crippen LogP contribution in [0.25, 0.3) is 0 Å². The first kappa shape index (κ1) is 23.1. The number of carbonyl (C=O) groups is 1. The minimum absolute atomic E-state index is 0. The number of hydrogen-bond donors (Lipinski definition) is 2. The van der Waals surface area contributed by atoms with E-state index in [-0.39, 0.29) is 42.8 Å². The number of methoxy groups -OCH3 is 1. The maximum atomic E-state index is 12.2. The molecule has 2 aliphatic heterocycles. The quantitative estimate of drug-likeness (QED) is 0.756. The number of anilines is 1. The van der Waals surface area contributed by atoms with E-state index in [4.69, 9.17) is 21.1 Å².